The van der Waals surface area contributed by atoms with Gasteiger partial charge in [0.15, 0.2) is 0 Å². The smallest absolute Gasteiger partial charge is 0.306 e. The number of benzene rings is 3. The maximum absolute atomic E-state index is 12.5. The average molecular weight is 498 g/mol. The number of halogens is 3. The van der Waals surface area contributed by atoms with Gasteiger partial charge in [-0.25, -0.2) is 5.43 Å². The van der Waals surface area contributed by atoms with Gasteiger partial charge >= 0.3 is 10.1 Å². The van der Waals surface area contributed by atoms with Crippen molar-refractivity contribution < 1.29 is 17.4 Å². The summed E-state index contributed by atoms with van der Waals surface area (Å²) in [4.78, 5) is 12.5. The molecule has 0 fully saturated rings. The van der Waals surface area contributed by atoms with E-state index in [0.29, 0.717) is 26.9 Å². The van der Waals surface area contributed by atoms with Crippen LogP contribution in [0.5, 0.6) is 5.75 Å². The molecule has 10 heteroatoms. The van der Waals surface area contributed by atoms with E-state index in [4.69, 9.17) is 39.0 Å². The Kier molecular flexibility index (Phi) is 7.23. The molecular formula is C21H15Cl3N2O4S. The summed E-state index contributed by atoms with van der Waals surface area (Å²) in [7, 11) is -3.65. The second-order valence-electron chi connectivity index (χ2n) is 6.35. The minimum Gasteiger partial charge on any atom is -0.383 e. The highest BCUT2D eigenvalue weighted by Gasteiger charge is 2.12. The fourth-order valence-electron chi connectivity index (χ4n) is 2.56. The zero-order valence-electron chi connectivity index (χ0n) is 16.0. The molecule has 3 aromatic carbocycles. The summed E-state index contributed by atoms with van der Waals surface area (Å²) in [5.41, 5.74) is 4.49. The van der Waals surface area contributed by atoms with Crippen LogP contribution < -0.4 is 9.61 Å². The highest BCUT2D eigenvalue weighted by atomic mass is 35.5. The normalized spacial score (nSPS) is 11.8. The topological polar surface area (TPSA) is 84.8 Å². The number of hydrogen-bond donors (Lipinski definition) is 1. The third-order valence-electron chi connectivity index (χ3n) is 3.94. The second-order valence-corrected chi connectivity index (χ2v) is 9.17. The molecule has 0 heterocycles. The number of carbonyl (C=O) groups is 1. The first-order valence-corrected chi connectivity index (χ1v) is 11.7. The first kappa shape index (κ1) is 23.1. The van der Waals surface area contributed by atoms with Crippen LogP contribution in [0.25, 0.3) is 0 Å². The average Bonchev–Trinajstić information content (AvgIpc) is 2.71. The van der Waals surface area contributed by atoms with Crippen molar-refractivity contribution in [3.63, 3.8) is 0 Å². The van der Waals surface area contributed by atoms with Gasteiger partial charge in [0.25, 0.3) is 5.91 Å². The van der Waals surface area contributed by atoms with Gasteiger partial charge in [-0.15, -0.1) is 0 Å². The van der Waals surface area contributed by atoms with Crippen LogP contribution in [0.3, 0.4) is 0 Å². The van der Waals surface area contributed by atoms with Crippen molar-refractivity contribution in [3.8, 4) is 5.75 Å². The highest BCUT2D eigenvalue weighted by molar-refractivity contribution is 7.86. The Balaban J connectivity index is 1.93. The number of carbonyl (C=O) groups excluding carboxylic acids is 1. The van der Waals surface area contributed by atoms with E-state index in [2.05, 4.69) is 10.5 Å². The van der Waals surface area contributed by atoms with Gasteiger partial charge in [-0.1, -0.05) is 46.9 Å². The molecule has 0 aliphatic carbocycles. The SMILES string of the molecule is CS(=O)(=O)Oc1ccc(C(=NNC(=O)c2ccc(Cl)c(Cl)c2)c2ccc(Cl)cc2)cc1. The van der Waals surface area contributed by atoms with Gasteiger partial charge in [-0.3, -0.25) is 4.79 Å². The molecule has 160 valence electrons. The lowest BCUT2D eigenvalue weighted by Gasteiger charge is -2.10. The fraction of sp³-hybridized carbons (Fsp3) is 0.0476. The molecular weight excluding hydrogens is 483 g/mol. The summed E-state index contributed by atoms with van der Waals surface area (Å²) in [5, 5.41) is 5.39. The lowest BCUT2D eigenvalue weighted by atomic mass is 10.0. The summed E-state index contributed by atoms with van der Waals surface area (Å²) in [6.07, 6.45) is 0.958. The van der Waals surface area contributed by atoms with Crippen molar-refractivity contribution in [1.82, 2.24) is 5.43 Å². The Labute approximate surface area is 194 Å². The van der Waals surface area contributed by atoms with Crippen molar-refractivity contribution in [2.75, 3.05) is 6.26 Å². The monoisotopic (exact) mass is 496 g/mol. The Morgan fingerprint density at radius 2 is 1.39 bits per heavy atom. The van der Waals surface area contributed by atoms with Crippen LogP contribution >= 0.6 is 34.8 Å². The molecule has 6 nitrogen and oxygen atoms in total. The van der Waals surface area contributed by atoms with E-state index < -0.39 is 16.0 Å². The van der Waals surface area contributed by atoms with Crippen LogP contribution in [0.4, 0.5) is 0 Å². The predicted octanol–water partition coefficient (Wildman–Crippen LogP) is 5.17. The van der Waals surface area contributed by atoms with Gasteiger partial charge in [0, 0.05) is 21.7 Å². The molecule has 0 saturated heterocycles. The number of rotatable bonds is 6. The van der Waals surface area contributed by atoms with E-state index in [1.54, 1.807) is 36.4 Å². The number of nitrogens with zero attached hydrogens (tertiary/aromatic N) is 1. The van der Waals surface area contributed by atoms with Gasteiger partial charge in [0.2, 0.25) is 0 Å². The standard InChI is InChI=1S/C21H15Cl3N2O4S/c1-31(28,29)30-17-9-4-14(5-10-17)20(13-2-7-16(22)8-3-13)25-26-21(27)15-6-11-18(23)19(24)12-15/h2-12H,1H3,(H,26,27). The summed E-state index contributed by atoms with van der Waals surface area (Å²) in [6.45, 7) is 0. The summed E-state index contributed by atoms with van der Waals surface area (Å²) >= 11 is 17.8. The van der Waals surface area contributed by atoms with Crippen molar-refractivity contribution in [3.05, 3.63) is 98.5 Å². The molecule has 0 saturated carbocycles. The molecule has 0 aliphatic rings. The molecule has 0 spiro atoms. The Morgan fingerprint density at radius 3 is 1.94 bits per heavy atom. The Morgan fingerprint density at radius 1 is 0.839 bits per heavy atom. The Bertz CT molecular complexity index is 1240. The van der Waals surface area contributed by atoms with Crippen LogP contribution in [0.2, 0.25) is 15.1 Å². The molecule has 0 atom stereocenters. The minimum absolute atomic E-state index is 0.154. The Hall–Kier alpha value is -2.58. The maximum Gasteiger partial charge on any atom is 0.306 e. The van der Waals surface area contributed by atoms with Gasteiger partial charge in [-0.2, -0.15) is 13.5 Å². The van der Waals surface area contributed by atoms with Crippen LogP contribution in [-0.4, -0.2) is 26.3 Å². The highest BCUT2D eigenvalue weighted by Crippen LogP contribution is 2.23. The van der Waals surface area contributed by atoms with E-state index in [1.807, 2.05) is 0 Å². The van der Waals surface area contributed by atoms with E-state index in [9.17, 15) is 13.2 Å². The third-order valence-corrected chi connectivity index (χ3v) is 5.43. The zero-order chi connectivity index (χ0) is 22.6. The van der Waals surface area contributed by atoms with Crippen molar-refractivity contribution in [2.24, 2.45) is 5.10 Å². The lowest BCUT2D eigenvalue weighted by Crippen LogP contribution is -2.20. The van der Waals surface area contributed by atoms with Crippen LogP contribution in [0.15, 0.2) is 71.8 Å². The minimum atomic E-state index is -3.65. The third kappa shape index (κ3) is 6.45. The predicted molar refractivity (Wildman–Crippen MR) is 123 cm³/mol. The molecule has 0 aliphatic heterocycles. The van der Waals surface area contributed by atoms with E-state index in [-0.39, 0.29) is 16.3 Å². The molecule has 0 radical (unpaired) electrons. The van der Waals surface area contributed by atoms with E-state index >= 15 is 0 Å². The summed E-state index contributed by atoms with van der Waals surface area (Å²) < 4.78 is 27.5. The molecule has 0 unspecified atom stereocenters. The quantitative estimate of drug-likeness (QED) is 0.289. The molecule has 3 rings (SSSR count). The first-order chi connectivity index (χ1) is 14.6. The largest absolute Gasteiger partial charge is 0.383 e. The van der Waals surface area contributed by atoms with Gasteiger partial charge in [-0.05, 0) is 54.6 Å². The van der Waals surface area contributed by atoms with Crippen molar-refractivity contribution in [1.29, 1.82) is 0 Å². The van der Waals surface area contributed by atoms with E-state index in [1.165, 1.54) is 30.3 Å². The number of hydrogen-bond acceptors (Lipinski definition) is 5. The number of hydrazone groups is 1. The molecule has 31 heavy (non-hydrogen) atoms. The molecule has 1 N–H and O–H groups in total. The van der Waals surface area contributed by atoms with Gasteiger partial charge in [0.1, 0.15) is 5.75 Å². The van der Waals surface area contributed by atoms with Crippen molar-refractivity contribution >= 4 is 56.5 Å². The zero-order valence-corrected chi connectivity index (χ0v) is 19.1. The number of nitrogens with one attached hydrogen (secondary N) is 1. The van der Waals surface area contributed by atoms with Crippen molar-refractivity contribution in [2.45, 2.75) is 0 Å². The van der Waals surface area contributed by atoms with Crippen LogP contribution in [0, 0.1) is 0 Å². The second kappa shape index (κ2) is 9.70. The first-order valence-electron chi connectivity index (χ1n) is 8.71. The number of amides is 1. The fourth-order valence-corrected chi connectivity index (χ4v) is 3.44. The lowest BCUT2D eigenvalue weighted by molar-refractivity contribution is 0.0955. The van der Waals surface area contributed by atoms with E-state index in [0.717, 1.165) is 6.26 Å². The molecule has 3 aromatic rings. The molecule has 1 amide bonds. The summed E-state index contributed by atoms with van der Waals surface area (Å²) in [6, 6.07) is 17.6. The van der Waals surface area contributed by atoms with Crippen LogP contribution in [-0.2, 0) is 10.1 Å². The molecule has 0 bridgehead atoms. The maximum atomic E-state index is 12.5. The van der Waals surface area contributed by atoms with Gasteiger partial charge in [0.05, 0.1) is 22.0 Å². The molecule has 0 aromatic heterocycles. The van der Waals surface area contributed by atoms with Crippen LogP contribution in [0.1, 0.15) is 21.5 Å². The van der Waals surface area contributed by atoms with Gasteiger partial charge < -0.3 is 4.18 Å². The summed E-state index contributed by atoms with van der Waals surface area (Å²) in [5.74, 6) is -0.330.